The Morgan fingerprint density at radius 2 is 1.58 bits per heavy atom. The normalized spacial score (nSPS) is 14.3. The standard InChI is InChI=1S/C21H29NO2/c1-14-11-17(18(22)20(23)21(3,4)5)12-15(2)19(14)24-13-16-9-7-6-8-10-16/h6-12,18,20,23H,13,22H2,1-5H3/t18-,20-/m0/s1. The van der Waals surface area contributed by atoms with Gasteiger partial charge >= 0.3 is 0 Å². The fraction of sp³-hybridized carbons (Fsp3) is 0.429. The van der Waals surface area contributed by atoms with Crippen molar-refractivity contribution in [3.05, 3.63) is 64.7 Å². The van der Waals surface area contributed by atoms with Crippen LogP contribution in [0.25, 0.3) is 0 Å². The predicted molar refractivity (Wildman–Crippen MR) is 99.1 cm³/mol. The molecule has 3 nitrogen and oxygen atoms in total. The molecular formula is C21H29NO2. The Hall–Kier alpha value is -1.84. The Labute approximate surface area is 145 Å². The molecule has 0 aromatic heterocycles. The van der Waals surface area contributed by atoms with Gasteiger partial charge in [0, 0.05) is 0 Å². The van der Waals surface area contributed by atoms with Crippen LogP contribution in [-0.4, -0.2) is 11.2 Å². The Kier molecular flexibility index (Phi) is 5.68. The van der Waals surface area contributed by atoms with E-state index in [0.29, 0.717) is 6.61 Å². The van der Waals surface area contributed by atoms with Crippen molar-refractivity contribution >= 4 is 0 Å². The van der Waals surface area contributed by atoms with Crippen LogP contribution in [0.4, 0.5) is 0 Å². The van der Waals surface area contributed by atoms with Gasteiger partial charge in [-0.3, -0.25) is 0 Å². The van der Waals surface area contributed by atoms with E-state index in [2.05, 4.69) is 12.1 Å². The van der Waals surface area contributed by atoms with Crippen LogP contribution in [0.15, 0.2) is 42.5 Å². The Morgan fingerprint density at radius 3 is 2.08 bits per heavy atom. The minimum Gasteiger partial charge on any atom is -0.488 e. The molecule has 0 radical (unpaired) electrons. The first-order valence-electron chi connectivity index (χ1n) is 8.41. The fourth-order valence-electron chi connectivity index (χ4n) is 2.85. The van der Waals surface area contributed by atoms with E-state index in [-0.39, 0.29) is 5.41 Å². The molecule has 0 aliphatic heterocycles. The highest BCUT2D eigenvalue weighted by Gasteiger charge is 2.29. The first-order chi connectivity index (χ1) is 11.2. The molecule has 0 spiro atoms. The molecule has 2 aromatic carbocycles. The van der Waals surface area contributed by atoms with E-state index >= 15 is 0 Å². The van der Waals surface area contributed by atoms with Crippen LogP contribution in [0.1, 0.15) is 49.1 Å². The molecule has 3 heteroatoms. The lowest BCUT2D eigenvalue weighted by Crippen LogP contribution is -2.37. The maximum absolute atomic E-state index is 10.5. The zero-order chi connectivity index (χ0) is 17.9. The summed E-state index contributed by atoms with van der Waals surface area (Å²) >= 11 is 0. The summed E-state index contributed by atoms with van der Waals surface area (Å²) in [7, 11) is 0. The fourth-order valence-corrected chi connectivity index (χ4v) is 2.85. The van der Waals surface area contributed by atoms with Gasteiger partial charge in [0.2, 0.25) is 0 Å². The Bertz CT molecular complexity index is 651. The molecule has 0 aliphatic carbocycles. The maximum Gasteiger partial charge on any atom is 0.125 e. The van der Waals surface area contributed by atoms with E-state index in [1.807, 2.05) is 65.0 Å². The van der Waals surface area contributed by atoms with Crippen LogP contribution >= 0.6 is 0 Å². The quantitative estimate of drug-likeness (QED) is 0.861. The zero-order valence-electron chi connectivity index (χ0n) is 15.3. The molecule has 0 aliphatic rings. The van der Waals surface area contributed by atoms with Crippen LogP contribution in [0.5, 0.6) is 5.75 Å². The van der Waals surface area contributed by atoms with Gasteiger partial charge in [0.05, 0.1) is 12.1 Å². The second-order valence-corrected chi connectivity index (χ2v) is 7.59. The first kappa shape index (κ1) is 18.5. The van der Waals surface area contributed by atoms with E-state index < -0.39 is 12.1 Å². The molecular weight excluding hydrogens is 298 g/mol. The SMILES string of the molecule is Cc1cc([C@H](N)[C@H](O)C(C)(C)C)cc(C)c1OCc1ccccc1. The molecule has 3 N–H and O–H groups in total. The monoisotopic (exact) mass is 327 g/mol. The number of nitrogens with two attached hydrogens (primary N) is 1. The summed E-state index contributed by atoms with van der Waals surface area (Å²) in [6.45, 7) is 10.6. The zero-order valence-corrected chi connectivity index (χ0v) is 15.3. The van der Waals surface area contributed by atoms with Gasteiger partial charge < -0.3 is 15.6 Å². The van der Waals surface area contributed by atoms with Crippen LogP contribution in [0.2, 0.25) is 0 Å². The largest absolute Gasteiger partial charge is 0.488 e. The first-order valence-corrected chi connectivity index (χ1v) is 8.41. The number of aliphatic hydroxyl groups is 1. The molecule has 2 atom stereocenters. The van der Waals surface area contributed by atoms with Crippen molar-refractivity contribution in [1.82, 2.24) is 0 Å². The molecule has 0 bridgehead atoms. The lowest BCUT2D eigenvalue weighted by Gasteiger charge is -2.31. The molecule has 2 aromatic rings. The van der Waals surface area contributed by atoms with Crippen LogP contribution in [0, 0.1) is 19.3 Å². The number of hydrogen-bond donors (Lipinski definition) is 2. The molecule has 0 heterocycles. The minimum absolute atomic E-state index is 0.260. The number of aryl methyl sites for hydroxylation is 2. The van der Waals surface area contributed by atoms with E-state index in [4.69, 9.17) is 10.5 Å². The number of aliphatic hydroxyl groups excluding tert-OH is 1. The molecule has 2 rings (SSSR count). The number of ether oxygens (including phenoxy) is 1. The highest BCUT2D eigenvalue weighted by atomic mass is 16.5. The summed E-state index contributed by atoms with van der Waals surface area (Å²) in [5.74, 6) is 0.889. The number of benzene rings is 2. The van der Waals surface area contributed by atoms with Crippen molar-refractivity contribution in [2.24, 2.45) is 11.1 Å². The van der Waals surface area contributed by atoms with Crippen molar-refractivity contribution in [3.8, 4) is 5.75 Å². The summed E-state index contributed by atoms with van der Waals surface area (Å²) < 4.78 is 6.01. The average Bonchev–Trinajstić information content (AvgIpc) is 2.52. The van der Waals surface area contributed by atoms with Crippen molar-refractivity contribution in [2.45, 2.75) is 53.4 Å². The van der Waals surface area contributed by atoms with Gasteiger partial charge in [-0.05, 0) is 41.5 Å². The maximum atomic E-state index is 10.5. The third-order valence-electron chi connectivity index (χ3n) is 4.32. The van der Waals surface area contributed by atoms with Crippen LogP contribution in [-0.2, 0) is 6.61 Å². The molecule has 0 saturated heterocycles. The van der Waals surface area contributed by atoms with Crippen LogP contribution < -0.4 is 10.5 Å². The molecule has 0 fully saturated rings. The van der Waals surface area contributed by atoms with E-state index in [1.54, 1.807) is 0 Å². The third-order valence-corrected chi connectivity index (χ3v) is 4.32. The average molecular weight is 327 g/mol. The highest BCUT2D eigenvalue weighted by Crippen LogP contribution is 2.32. The lowest BCUT2D eigenvalue weighted by molar-refractivity contribution is 0.0400. The van der Waals surface area contributed by atoms with Gasteiger partial charge in [0.1, 0.15) is 12.4 Å². The lowest BCUT2D eigenvalue weighted by atomic mass is 9.82. The summed E-state index contributed by atoms with van der Waals surface area (Å²) in [4.78, 5) is 0. The summed E-state index contributed by atoms with van der Waals surface area (Å²) in [5.41, 5.74) is 10.2. The van der Waals surface area contributed by atoms with Gasteiger partial charge in [-0.1, -0.05) is 63.2 Å². The summed E-state index contributed by atoms with van der Waals surface area (Å²) in [5, 5.41) is 10.5. The molecule has 0 amide bonds. The van der Waals surface area contributed by atoms with Gasteiger partial charge in [-0.2, -0.15) is 0 Å². The van der Waals surface area contributed by atoms with Gasteiger partial charge in [-0.25, -0.2) is 0 Å². The summed E-state index contributed by atoms with van der Waals surface area (Å²) in [6.07, 6.45) is -0.604. The van der Waals surface area contributed by atoms with Gasteiger partial charge in [0.15, 0.2) is 0 Å². The van der Waals surface area contributed by atoms with Gasteiger partial charge in [-0.15, -0.1) is 0 Å². The van der Waals surface area contributed by atoms with Gasteiger partial charge in [0.25, 0.3) is 0 Å². The van der Waals surface area contributed by atoms with E-state index in [9.17, 15) is 5.11 Å². The number of rotatable bonds is 5. The highest BCUT2D eigenvalue weighted by molar-refractivity contribution is 5.44. The molecule has 130 valence electrons. The molecule has 0 saturated carbocycles. The second-order valence-electron chi connectivity index (χ2n) is 7.59. The number of hydrogen-bond acceptors (Lipinski definition) is 3. The van der Waals surface area contributed by atoms with Crippen molar-refractivity contribution in [3.63, 3.8) is 0 Å². The minimum atomic E-state index is -0.604. The Morgan fingerprint density at radius 1 is 1.04 bits per heavy atom. The molecule has 24 heavy (non-hydrogen) atoms. The smallest absolute Gasteiger partial charge is 0.125 e. The van der Waals surface area contributed by atoms with E-state index in [1.165, 1.54) is 0 Å². The van der Waals surface area contributed by atoms with E-state index in [0.717, 1.165) is 28.0 Å². The topological polar surface area (TPSA) is 55.5 Å². The molecule has 0 unspecified atom stereocenters. The van der Waals surface area contributed by atoms with Crippen LogP contribution in [0.3, 0.4) is 0 Å². The van der Waals surface area contributed by atoms with Crippen molar-refractivity contribution in [2.75, 3.05) is 0 Å². The van der Waals surface area contributed by atoms with Crippen molar-refractivity contribution < 1.29 is 9.84 Å². The van der Waals surface area contributed by atoms with Crippen molar-refractivity contribution in [1.29, 1.82) is 0 Å². The predicted octanol–water partition coefficient (Wildman–Crippen LogP) is 4.29. The Balaban J connectivity index is 2.19. The summed E-state index contributed by atoms with van der Waals surface area (Å²) in [6, 6.07) is 13.7. The second kappa shape index (κ2) is 7.37. The third kappa shape index (κ3) is 4.37.